The molecule has 0 aromatic carbocycles. The molecule has 0 rings (SSSR count). The van der Waals surface area contributed by atoms with Crippen LogP contribution in [0.5, 0.6) is 0 Å². The van der Waals surface area contributed by atoms with E-state index in [2.05, 4.69) is 10.6 Å². The summed E-state index contributed by atoms with van der Waals surface area (Å²) in [5.74, 6) is -1.43. The van der Waals surface area contributed by atoms with E-state index in [9.17, 15) is 14.4 Å². The molecular formula is C13H25N3O4. The van der Waals surface area contributed by atoms with Gasteiger partial charge in [0.05, 0.1) is 6.54 Å². The lowest BCUT2D eigenvalue weighted by Crippen LogP contribution is -2.54. The van der Waals surface area contributed by atoms with E-state index in [1.807, 2.05) is 20.8 Å². The number of amides is 3. The molecule has 116 valence electrons. The molecule has 0 bridgehead atoms. The first-order valence-corrected chi connectivity index (χ1v) is 6.41. The van der Waals surface area contributed by atoms with Crippen LogP contribution in [-0.2, 0) is 9.59 Å². The molecule has 20 heavy (non-hydrogen) atoms. The predicted octanol–water partition coefficient (Wildman–Crippen LogP) is 0.796. The number of aliphatic carboxylic acids is 1. The molecule has 7 nitrogen and oxygen atoms in total. The summed E-state index contributed by atoms with van der Waals surface area (Å²) < 4.78 is 0. The topological polar surface area (TPSA) is 98.7 Å². The van der Waals surface area contributed by atoms with Crippen molar-refractivity contribution in [3.63, 3.8) is 0 Å². The van der Waals surface area contributed by atoms with Crippen molar-refractivity contribution in [2.45, 2.75) is 52.6 Å². The Morgan fingerprint density at radius 2 is 1.55 bits per heavy atom. The second-order valence-electron chi connectivity index (χ2n) is 6.61. The van der Waals surface area contributed by atoms with Crippen LogP contribution >= 0.6 is 0 Å². The Labute approximate surface area is 119 Å². The van der Waals surface area contributed by atoms with Crippen LogP contribution in [-0.4, -0.2) is 52.1 Å². The van der Waals surface area contributed by atoms with Crippen LogP contribution in [0.25, 0.3) is 0 Å². The lowest BCUT2D eigenvalue weighted by Gasteiger charge is -2.34. The van der Waals surface area contributed by atoms with Crippen LogP contribution in [0.2, 0.25) is 0 Å². The Balaban J connectivity index is 4.56. The third kappa shape index (κ3) is 7.60. The molecule has 0 atom stereocenters. The molecule has 0 fully saturated rings. The van der Waals surface area contributed by atoms with Gasteiger partial charge in [-0.3, -0.25) is 9.59 Å². The summed E-state index contributed by atoms with van der Waals surface area (Å²) >= 11 is 0. The SMILES string of the molecule is CC(C)(C)NC(=O)CNC(=O)N(CC(=O)O)C(C)(C)C. The summed E-state index contributed by atoms with van der Waals surface area (Å²) in [6, 6.07) is -0.580. The second kappa shape index (κ2) is 6.58. The van der Waals surface area contributed by atoms with Gasteiger partial charge in [-0.05, 0) is 41.5 Å². The van der Waals surface area contributed by atoms with Crippen molar-refractivity contribution < 1.29 is 19.5 Å². The molecule has 0 aromatic rings. The number of nitrogens with zero attached hydrogens (tertiary/aromatic N) is 1. The number of rotatable bonds is 4. The number of hydrogen-bond acceptors (Lipinski definition) is 3. The molecule has 0 aliphatic carbocycles. The molecule has 0 radical (unpaired) electrons. The zero-order chi connectivity index (χ0) is 16.1. The molecule has 0 saturated heterocycles. The summed E-state index contributed by atoms with van der Waals surface area (Å²) in [5.41, 5.74) is -1.03. The maximum Gasteiger partial charge on any atom is 0.323 e. The summed E-state index contributed by atoms with van der Waals surface area (Å²) in [4.78, 5) is 35.5. The number of hydrogen-bond donors (Lipinski definition) is 3. The van der Waals surface area contributed by atoms with Crippen LogP contribution in [0.3, 0.4) is 0 Å². The maximum atomic E-state index is 12.0. The highest BCUT2D eigenvalue weighted by molar-refractivity contribution is 5.86. The lowest BCUT2D eigenvalue weighted by atomic mass is 10.1. The fourth-order valence-electron chi connectivity index (χ4n) is 1.46. The van der Waals surface area contributed by atoms with Crippen molar-refractivity contribution in [1.29, 1.82) is 0 Å². The average Bonchev–Trinajstić information content (AvgIpc) is 2.18. The highest BCUT2D eigenvalue weighted by atomic mass is 16.4. The van der Waals surface area contributed by atoms with E-state index in [0.29, 0.717) is 0 Å². The van der Waals surface area contributed by atoms with Gasteiger partial charge in [-0.15, -0.1) is 0 Å². The Kier molecular flexibility index (Phi) is 5.99. The van der Waals surface area contributed by atoms with Crippen molar-refractivity contribution >= 4 is 17.9 Å². The van der Waals surface area contributed by atoms with Crippen molar-refractivity contribution in [3.8, 4) is 0 Å². The zero-order valence-electron chi connectivity index (χ0n) is 13.0. The molecule has 0 aliphatic heterocycles. The normalized spacial score (nSPS) is 11.7. The zero-order valence-corrected chi connectivity index (χ0v) is 13.0. The number of nitrogens with one attached hydrogen (secondary N) is 2. The second-order valence-corrected chi connectivity index (χ2v) is 6.61. The third-order valence-corrected chi connectivity index (χ3v) is 2.26. The fourth-order valence-corrected chi connectivity index (χ4v) is 1.46. The lowest BCUT2D eigenvalue weighted by molar-refractivity contribution is -0.138. The number of urea groups is 1. The van der Waals surface area contributed by atoms with Crippen LogP contribution in [0.1, 0.15) is 41.5 Å². The van der Waals surface area contributed by atoms with Gasteiger partial charge in [-0.1, -0.05) is 0 Å². The van der Waals surface area contributed by atoms with Gasteiger partial charge in [0.1, 0.15) is 6.54 Å². The van der Waals surface area contributed by atoms with Crippen molar-refractivity contribution in [1.82, 2.24) is 15.5 Å². The Morgan fingerprint density at radius 3 is 1.90 bits per heavy atom. The van der Waals surface area contributed by atoms with Crippen LogP contribution in [0.4, 0.5) is 4.79 Å². The molecule has 3 amide bonds. The maximum absolute atomic E-state index is 12.0. The standard InChI is InChI=1S/C13H25N3O4/c1-12(2,3)15-9(17)7-14-11(20)16(8-10(18)19)13(4,5)6/h7-8H2,1-6H3,(H,14,20)(H,15,17)(H,18,19). The first kappa shape index (κ1) is 18.2. The van der Waals surface area contributed by atoms with Crippen molar-refractivity contribution in [2.75, 3.05) is 13.1 Å². The van der Waals surface area contributed by atoms with E-state index < -0.39 is 24.1 Å². The van der Waals surface area contributed by atoms with E-state index in [1.165, 1.54) is 4.90 Å². The van der Waals surface area contributed by atoms with Gasteiger partial charge in [-0.25, -0.2) is 4.79 Å². The molecular weight excluding hydrogens is 262 g/mol. The van der Waals surface area contributed by atoms with Crippen molar-refractivity contribution in [3.05, 3.63) is 0 Å². The van der Waals surface area contributed by atoms with Gasteiger partial charge in [0.2, 0.25) is 5.91 Å². The molecule has 0 saturated carbocycles. The highest BCUT2D eigenvalue weighted by Crippen LogP contribution is 2.12. The van der Waals surface area contributed by atoms with E-state index in [0.717, 1.165) is 0 Å². The quantitative estimate of drug-likeness (QED) is 0.712. The number of carboxylic acids is 1. The smallest absolute Gasteiger partial charge is 0.323 e. The Bertz CT molecular complexity index is 380. The first-order valence-electron chi connectivity index (χ1n) is 6.41. The van der Waals surface area contributed by atoms with Gasteiger partial charge >= 0.3 is 12.0 Å². The van der Waals surface area contributed by atoms with Gasteiger partial charge < -0.3 is 20.6 Å². The first-order chi connectivity index (χ1) is 8.83. The van der Waals surface area contributed by atoms with E-state index in [-0.39, 0.29) is 18.0 Å². The highest BCUT2D eigenvalue weighted by Gasteiger charge is 2.28. The minimum absolute atomic E-state index is 0.192. The summed E-state index contributed by atoms with van der Waals surface area (Å²) in [6.45, 7) is 10.1. The summed E-state index contributed by atoms with van der Waals surface area (Å²) in [5, 5.41) is 14.0. The van der Waals surface area contributed by atoms with Crippen LogP contribution < -0.4 is 10.6 Å². The van der Waals surface area contributed by atoms with E-state index >= 15 is 0 Å². The van der Waals surface area contributed by atoms with Gasteiger partial charge in [0, 0.05) is 11.1 Å². The Morgan fingerprint density at radius 1 is 1.05 bits per heavy atom. The molecule has 7 heteroatoms. The molecule has 0 aromatic heterocycles. The summed E-state index contributed by atoms with van der Waals surface area (Å²) in [7, 11) is 0. The Hall–Kier alpha value is -1.79. The average molecular weight is 287 g/mol. The monoisotopic (exact) mass is 287 g/mol. The minimum atomic E-state index is -1.10. The fraction of sp³-hybridized carbons (Fsp3) is 0.769. The molecule has 3 N–H and O–H groups in total. The number of carbonyl (C=O) groups excluding carboxylic acids is 2. The van der Waals surface area contributed by atoms with Gasteiger partial charge in [0.15, 0.2) is 0 Å². The molecule has 0 heterocycles. The summed E-state index contributed by atoms with van der Waals surface area (Å²) in [6.07, 6.45) is 0. The number of carboxylic acid groups (broad SMARTS) is 1. The van der Waals surface area contributed by atoms with Crippen LogP contribution in [0, 0.1) is 0 Å². The van der Waals surface area contributed by atoms with Crippen molar-refractivity contribution in [2.24, 2.45) is 0 Å². The number of carbonyl (C=O) groups is 3. The largest absolute Gasteiger partial charge is 0.480 e. The predicted molar refractivity (Wildman–Crippen MR) is 75.4 cm³/mol. The molecule has 0 spiro atoms. The van der Waals surface area contributed by atoms with Crippen LogP contribution in [0.15, 0.2) is 0 Å². The van der Waals surface area contributed by atoms with Gasteiger partial charge in [0.25, 0.3) is 0 Å². The molecule has 0 aliphatic rings. The van der Waals surface area contributed by atoms with E-state index in [4.69, 9.17) is 5.11 Å². The molecule has 0 unspecified atom stereocenters. The minimum Gasteiger partial charge on any atom is -0.480 e. The van der Waals surface area contributed by atoms with Gasteiger partial charge in [-0.2, -0.15) is 0 Å². The van der Waals surface area contributed by atoms with E-state index in [1.54, 1.807) is 20.8 Å². The third-order valence-electron chi connectivity index (χ3n) is 2.26.